The lowest BCUT2D eigenvalue weighted by Gasteiger charge is -1.90. The van der Waals surface area contributed by atoms with Gasteiger partial charge in [-0.3, -0.25) is 0 Å². The molecule has 0 bridgehead atoms. The van der Waals surface area contributed by atoms with E-state index in [9.17, 15) is 0 Å². The molecule has 0 spiro atoms. The zero-order valence-electron chi connectivity index (χ0n) is 5.77. The predicted octanol–water partition coefficient (Wildman–Crippen LogP) is 2.56. The topological polar surface area (TPSA) is 9.23 Å². The monoisotopic (exact) mass is 148 g/mol. The summed E-state index contributed by atoms with van der Waals surface area (Å²) < 4.78 is 4.86. The van der Waals surface area contributed by atoms with Gasteiger partial charge in [-0.25, -0.2) is 0 Å². The summed E-state index contributed by atoms with van der Waals surface area (Å²) in [6.45, 7) is 2.79. The van der Waals surface area contributed by atoms with E-state index in [0.717, 1.165) is 6.42 Å². The summed E-state index contributed by atoms with van der Waals surface area (Å²) in [4.78, 5) is 0. The molecule has 2 heteroatoms. The SMILES string of the molecule is CCC/C=C/COCCl. The average Bonchev–Trinajstić information content (AvgIpc) is 1.89. The molecule has 0 heterocycles. The van der Waals surface area contributed by atoms with Crippen molar-refractivity contribution >= 4 is 11.6 Å². The highest BCUT2D eigenvalue weighted by atomic mass is 35.5. The Bertz CT molecular complexity index is 71.3. The van der Waals surface area contributed by atoms with Crippen molar-refractivity contribution in [2.24, 2.45) is 0 Å². The van der Waals surface area contributed by atoms with Crippen LogP contribution in [-0.4, -0.2) is 12.7 Å². The molecule has 0 aromatic carbocycles. The van der Waals surface area contributed by atoms with E-state index in [1.54, 1.807) is 0 Å². The second-order valence-corrected chi connectivity index (χ2v) is 1.96. The highest BCUT2D eigenvalue weighted by molar-refractivity contribution is 6.17. The van der Waals surface area contributed by atoms with Gasteiger partial charge in [0.15, 0.2) is 0 Å². The van der Waals surface area contributed by atoms with Crippen LogP contribution in [0.5, 0.6) is 0 Å². The van der Waals surface area contributed by atoms with Crippen LogP contribution in [0, 0.1) is 0 Å². The zero-order valence-corrected chi connectivity index (χ0v) is 6.53. The number of unbranched alkanes of at least 4 members (excludes halogenated alkanes) is 1. The van der Waals surface area contributed by atoms with Crippen molar-refractivity contribution in [2.45, 2.75) is 19.8 Å². The van der Waals surface area contributed by atoms with E-state index >= 15 is 0 Å². The smallest absolute Gasteiger partial charge is 0.121 e. The fourth-order valence-electron chi connectivity index (χ4n) is 0.465. The summed E-state index contributed by atoms with van der Waals surface area (Å²) in [5.41, 5.74) is 0. The number of rotatable bonds is 5. The Morgan fingerprint density at radius 3 is 2.78 bits per heavy atom. The largest absolute Gasteiger partial charge is 0.362 e. The minimum Gasteiger partial charge on any atom is -0.362 e. The van der Waals surface area contributed by atoms with Gasteiger partial charge >= 0.3 is 0 Å². The molecule has 0 fully saturated rings. The molecule has 0 aliphatic heterocycles. The Morgan fingerprint density at radius 1 is 1.44 bits per heavy atom. The van der Waals surface area contributed by atoms with Gasteiger partial charge in [-0.05, 0) is 6.42 Å². The molecule has 1 nitrogen and oxygen atoms in total. The van der Waals surface area contributed by atoms with E-state index in [4.69, 9.17) is 16.3 Å². The summed E-state index contributed by atoms with van der Waals surface area (Å²) in [5, 5.41) is 0. The molecule has 0 aliphatic rings. The van der Waals surface area contributed by atoms with Crippen LogP contribution in [-0.2, 0) is 4.74 Å². The highest BCUT2D eigenvalue weighted by Gasteiger charge is 1.75. The predicted molar refractivity (Wildman–Crippen MR) is 40.7 cm³/mol. The fraction of sp³-hybridized carbons (Fsp3) is 0.714. The molecule has 0 N–H and O–H groups in total. The number of alkyl halides is 1. The van der Waals surface area contributed by atoms with E-state index in [0.29, 0.717) is 6.61 Å². The molecule has 54 valence electrons. The first kappa shape index (κ1) is 8.99. The molecule has 0 radical (unpaired) electrons. The number of hydrogen-bond acceptors (Lipinski definition) is 1. The van der Waals surface area contributed by atoms with Crippen LogP contribution < -0.4 is 0 Å². The van der Waals surface area contributed by atoms with Crippen molar-refractivity contribution in [1.29, 1.82) is 0 Å². The van der Waals surface area contributed by atoms with Gasteiger partial charge in [-0.15, -0.1) is 0 Å². The van der Waals surface area contributed by atoms with Crippen LogP contribution in [0.2, 0.25) is 0 Å². The molecule has 0 rings (SSSR count). The Kier molecular flexibility index (Phi) is 7.98. The molecule has 0 amide bonds. The molecular weight excluding hydrogens is 136 g/mol. The third-order valence-electron chi connectivity index (χ3n) is 0.913. The quantitative estimate of drug-likeness (QED) is 0.331. The van der Waals surface area contributed by atoms with Crippen molar-refractivity contribution < 1.29 is 4.74 Å². The van der Waals surface area contributed by atoms with Gasteiger partial charge in [0, 0.05) is 0 Å². The van der Waals surface area contributed by atoms with Crippen molar-refractivity contribution in [3.63, 3.8) is 0 Å². The highest BCUT2D eigenvalue weighted by Crippen LogP contribution is 1.88. The third-order valence-corrected chi connectivity index (χ3v) is 1.07. The summed E-state index contributed by atoms with van der Waals surface area (Å²) in [6.07, 6.45) is 6.42. The first-order valence-corrected chi connectivity index (χ1v) is 3.74. The Labute approximate surface area is 61.7 Å². The second-order valence-electron chi connectivity index (χ2n) is 1.74. The summed E-state index contributed by atoms with van der Waals surface area (Å²) in [5.74, 6) is 0. The van der Waals surface area contributed by atoms with Gasteiger partial charge in [0.2, 0.25) is 0 Å². The normalized spacial score (nSPS) is 10.9. The van der Waals surface area contributed by atoms with Gasteiger partial charge in [0.25, 0.3) is 0 Å². The lowest BCUT2D eigenvalue weighted by Crippen LogP contribution is -1.85. The van der Waals surface area contributed by atoms with E-state index in [1.807, 2.05) is 6.08 Å². The van der Waals surface area contributed by atoms with Crippen LogP contribution in [0.4, 0.5) is 0 Å². The maximum Gasteiger partial charge on any atom is 0.121 e. The molecule has 0 aromatic heterocycles. The lowest BCUT2D eigenvalue weighted by atomic mass is 10.3. The molecule has 0 saturated carbocycles. The van der Waals surface area contributed by atoms with Crippen molar-refractivity contribution in [3.05, 3.63) is 12.2 Å². The first-order valence-electron chi connectivity index (χ1n) is 3.20. The zero-order chi connectivity index (χ0) is 6.95. The van der Waals surface area contributed by atoms with Gasteiger partial charge in [0.05, 0.1) is 6.61 Å². The van der Waals surface area contributed by atoms with E-state index in [2.05, 4.69) is 13.0 Å². The fourth-order valence-corrected chi connectivity index (χ4v) is 0.554. The molecule has 0 aromatic rings. The summed E-state index contributed by atoms with van der Waals surface area (Å²) >= 11 is 5.26. The molecule has 0 atom stereocenters. The van der Waals surface area contributed by atoms with Crippen LogP contribution in [0.1, 0.15) is 19.8 Å². The van der Waals surface area contributed by atoms with E-state index in [1.165, 1.54) is 6.42 Å². The van der Waals surface area contributed by atoms with Crippen molar-refractivity contribution in [3.8, 4) is 0 Å². The van der Waals surface area contributed by atoms with E-state index < -0.39 is 0 Å². The maximum atomic E-state index is 5.26. The van der Waals surface area contributed by atoms with Crippen LogP contribution in [0.3, 0.4) is 0 Å². The minimum atomic E-state index is 0.288. The number of allylic oxidation sites excluding steroid dienone is 1. The van der Waals surface area contributed by atoms with Gasteiger partial charge < -0.3 is 4.74 Å². The van der Waals surface area contributed by atoms with Gasteiger partial charge in [-0.1, -0.05) is 37.1 Å². The summed E-state index contributed by atoms with van der Waals surface area (Å²) in [7, 11) is 0. The molecular formula is C7H13ClO. The van der Waals surface area contributed by atoms with Crippen molar-refractivity contribution in [1.82, 2.24) is 0 Å². The number of ether oxygens (including phenoxy) is 1. The Balaban J connectivity index is 2.86. The minimum absolute atomic E-state index is 0.288. The third kappa shape index (κ3) is 7.99. The van der Waals surface area contributed by atoms with Crippen LogP contribution in [0.25, 0.3) is 0 Å². The Hall–Kier alpha value is -0.0100. The van der Waals surface area contributed by atoms with Gasteiger partial charge in [0.1, 0.15) is 6.07 Å². The molecule has 9 heavy (non-hydrogen) atoms. The maximum absolute atomic E-state index is 5.26. The van der Waals surface area contributed by atoms with Crippen molar-refractivity contribution in [2.75, 3.05) is 12.7 Å². The molecule has 0 aliphatic carbocycles. The first-order chi connectivity index (χ1) is 4.41. The van der Waals surface area contributed by atoms with E-state index in [-0.39, 0.29) is 6.07 Å². The average molecular weight is 149 g/mol. The molecule has 0 unspecified atom stereocenters. The summed E-state index contributed by atoms with van der Waals surface area (Å²) in [6, 6.07) is 0.288. The Morgan fingerprint density at radius 2 is 2.22 bits per heavy atom. The standard InChI is InChI=1S/C7H13ClO/c1-2-3-4-5-6-9-7-8/h4-5H,2-3,6-7H2,1H3/b5-4+. The number of hydrogen-bond donors (Lipinski definition) is 0. The lowest BCUT2D eigenvalue weighted by molar-refractivity contribution is 0.212. The van der Waals surface area contributed by atoms with Crippen LogP contribution >= 0.6 is 11.6 Å². The van der Waals surface area contributed by atoms with Crippen LogP contribution in [0.15, 0.2) is 12.2 Å². The van der Waals surface area contributed by atoms with Gasteiger partial charge in [-0.2, -0.15) is 0 Å². The molecule has 0 saturated heterocycles. The second kappa shape index (κ2) is 7.99. The number of halogens is 1.